The molecule has 0 saturated heterocycles. The minimum atomic E-state index is 0.116. The highest BCUT2D eigenvalue weighted by Crippen LogP contribution is 2.33. The van der Waals surface area contributed by atoms with E-state index in [1.54, 1.807) is 0 Å². The van der Waals surface area contributed by atoms with E-state index >= 15 is 0 Å². The Hall–Kier alpha value is -1.46. The summed E-state index contributed by atoms with van der Waals surface area (Å²) in [6.45, 7) is 4.30. The van der Waals surface area contributed by atoms with Gasteiger partial charge in [0.25, 0.3) is 0 Å². The third-order valence-corrected chi connectivity index (χ3v) is 4.46. The number of rotatable bonds is 6. The van der Waals surface area contributed by atoms with Gasteiger partial charge < -0.3 is 10.1 Å². The molecule has 4 nitrogen and oxygen atoms in total. The van der Waals surface area contributed by atoms with Gasteiger partial charge in [0.1, 0.15) is 5.75 Å². The summed E-state index contributed by atoms with van der Waals surface area (Å²) >= 11 is 1.47. The molecule has 112 valence electrons. The van der Waals surface area contributed by atoms with E-state index in [1.165, 1.54) is 34.8 Å². The van der Waals surface area contributed by atoms with Crippen LogP contribution in [0.2, 0.25) is 0 Å². The highest BCUT2D eigenvalue weighted by Gasteiger charge is 2.25. The molecule has 1 saturated carbocycles. The van der Waals surface area contributed by atoms with Crippen LogP contribution < -0.4 is 10.1 Å². The number of ether oxygens (including phenoxy) is 1. The van der Waals surface area contributed by atoms with Crippen molar-refractivity contribution in [1.29, 1.82) is 0 Å². The van der Waals surface area contributed by atoms with Crippen molar-refractivity contribution in [3.8, 4) is 5.75 Å². The normalized spacial score (nSPS) is 16.2. The van der Waals surface area contributed by atoms with Crippen LogP contribution in [0.5, 0.6) is 5.75 Å². The molecule has 5 heteroatoms. The van der Waals surface area contributed by atoms with Gasteiger partial charge in [0.15, 0.2) is 0 Å². The van der Waals surface area contributed by atoms with Crippen molar-refractivity contribution in [3.05, 3.63) is 40.4 Å². The Balaban J connectivity index is 1.89. The second kappa shape index (κ2) is 6.12. The Morgan fingerprint density at radius 1 is 1.33 bits per heavy atom. The monoisotopic (exact) mass is 303 g/mol. The molecular formula is C16H21N3OS. The molecule has 1 unspecified atom stereocenters. The second-order valence-electron chi connectivity index (χ2n) is 5.79. The van der Waals surface area contributed by atoms with Crippen molar-refractivity contribution < 1.29 is 4.74 Å². The van der Waals surface area contributed by atoms with Gasteiger partial charge in [-0.15, -0.1) is 5.10 Å². The lowest BCUT2D eigenvalue weighted by Crippen LogP contribution is -2.18. The van der Waals surface area contributed by atoms with Gasteiger partial charge in [-0.05, 0) is 55.0 Å². The predicted octanol–water partition coefficient (Wildman–Crippen LogP) is 3.51. The highest BCUT2D eigenvalue weighted by molar-refractivity contribution is 7.05. The van der Waals surface area contributed by atoms with Crippen molar-refractivity contribution in [1.82, 2.24) is 14.9 Å². The maximum absolute atomic E-state index is 5.90. The Bertz CT molecular complexity index is 607. The van der Waals surface area contributed by atoms with Crippen molar-refractivity contribution in [2.24, 2.45) is 0 Å². The Morgan fingerprint density at radius 3 is 2.81 bits per heavy atom. The summed E-state index contributed by atoms with van der Waals surface area (Å²) in [5.41, 5.74) is 2.27. The quantitative estimate of drug-likeness (QED) is 0.887. The van der Waals surface area contributed by atoms with Gasteiger partial charge in [-0.3, -0.25) is 0 Å². The average Bonchev–Trinajstić information content (AvgIpc) is 3.14. The van der Waals surface area contributed by atoms with Crippen molar-refractivity contribution in [2.75, 3.05) is 7.05 Å². The predicted molar refractivity (Wildman–Crippen MR) is 85.0 cm³/mol. The second-order valence-corrected chi connectivity index (χ2v) is 6.57. The molecule has 2 aromatic rings. The molecule has 0 bridgehead atoms. The Kier molecular flexibility index (Phi) is 4.22. The van der Waals surface area contributed by atoms with Gasteiger partial charge in [0.05, 0.1) is 22.7 Å². The number of nitrogens with one attached hydrogen (secondary N) is 1. The van der Waals surface area contributed by atoms with Gasteiger partial charge in [-0.2, -0.15) is 0 Å². The molecule has 1 heterocycles. The first-order valence-electron chi connectivity index (χ1n) is 7.45. The SMILES string of the molecule is CNC(c1cccc(OC2CC2)c1)c1snnc1C(C)C. The maximum Gasteiger partial charge on any atom is 0.120 e. The van der Waals surface area contributed by atoms with Crippen LogP contribution in [0.15, 0.2) is 24.3 Å². The number of hydrogen-bond donors (Lipinski definition) is 1. The third-order valence-electron chi connectivity index (χ3n) is 3.66. The Morgan fingerprint density at radius 2 is 2.14 bits per heavy atom. The molecule has 1 aromatic carbocycles. The largest absolute Gasteiger partial charge is 0.490 e. The molecule has 0 radical (unpaired) electrons. The number of nitrogens with zero attached hydrogens (tertiary/aromatic N) is 2. The van der Waals surface area contributed by atoms with Gasteiger partial charge in [0.2, 0.25) is 0 Å². The molecule has 0 spiro atoms. The van der Waals surface area contributed by atoms with Gasteiger partial charge in [-0.25, -0.2) is 0 Å². The summed E-state index contributed by atoms with van der Waals surface area (Å²) in [5, 5.41) is 7.68. The van der Waals surface area contributed by atoms with Crippen LogP contribution in [0.25, 0.3) is 0 Å². The minimum absolute atomic E-state index is 0.116. The average molecular weight is 303 g/mol. The minimum Gasteiger partial charge on any atom is -0.490 e. The Labute approximate surface area is 129 Å². The zero-order chi connectivity index (χ0) is 14.8. The van der Waals surface area contributed by atoms with Crippen LogP contribution >= 0.6 is 11.5 Å². The molecule has 1 aliphatic carbocycles. The molecule has 1 aromatic heterocycles. The van der Waals surface area contributed by atoms with Crippen LogP contribution in [0.4, 0.5) is 0 Å². The summed E-state index contributed by atoms with van der Waals surface area (Å²) in [7, 11) is 1.98. The van der Waals surface area contributed by atoms with E-state index in [2.05, 4.69) is 47.0 Å². The van der Waals surface area contributed by atoms with E-state index in [9.17, 15) is 0 Å². The van der Waals surface area contributed by atoms with Gasteiger partial charge >= 0.3 is 0 Å². The molecule has 1 fully saturated rings. The fourth-order valence-corrected chi connectivity index (χ4v) is 3.35. The highest BCUT2D eigenvalue weighted by atomic mass is 32.1. The molecule has 1 aliphatic rings. The zero-order valence-electron chi connectivity index (χ0n) is 12.7. The first kappa shape index (κ1) is 14.5. The molecule has 21 heavy (non-hydrogen) atoms. The summed E-state index contributed by atoms with van der Waals surface area (Å²) in [6.07, 6.45) is 2.77. The van der Waals surface area contributed by atoms with Crippen LogP contribution in [0, 0.1) is 0 Å². The molecule has 1 N–H and O–H groups in total. The fourth-order valence-electron chi connectivity index (χ4n) is 2.40. The third kappa shape index (κ3) is 3.24. The lowest BCUT2D eigenvalue weighted by atomic mass is 10.00. The topological polar surface area (TPSA) is 47.0 Å². The summed E-state index contributed by atoms with van der Waals surface area (Å²) in [4.78, 5) is 1.19. The smallest absolute Gasteiger partial charge is 0.120 e. The summed E-state index contributed by atoms with van der Waals surface area (Å²) < 4.78 is 10.0. The lowest BCUT2D eigenvalue weighted by Gasteiger charge is -2.18. The number of aromatic nitrogens is 2. The fraction of sp³-hybridized carbons (Fsp3) is 0.500. The summed E-state index contributed by atoms with van der Waals surface area (Å²) in [5.74, 6) is 1.33. The molecule has 0 amide bonds. The maximum atomic E-state index is 5.90. The molecule has 3 rings (SSSR count). The van der Waals surface area contributed by atoms with E-state index < -0.39 is 0 Å². The first-order chi connectivity index (χ1) is 10.2. The van der Waals surface area contributed by atoms with Crippen LogP contribution in [0.3, 0.4) is 0 Å². The van der Waals surface area contributed by atoms with Crippen LogP contribution in [-0.2, 0) is 0 Å². The van der Waals surface area contributed by atoms with Gasteiger partial charge in [-0.1, -0.05) is 30.5 Å². The zero-order valence-corrected chi connectivity index (χ0v) is 13.5. The molecule has 1 atom stereocenters. The van der Waals surface area contributed by atoms with Crippen LogP contribution in [-0.4, -0.2) is 22.7 Å². The molecule has 0 aliphatic heterocycles. The van der Waals surface area contributed by atoms with E-state index in [0.717, 1.165) is 11.4 Å². The van der Waals surface area contributed by atoms with Crippen molar-refractivity contribution in [3.63, 3.8) is 0 Å². The van der Waals surface area contributed by atoms with E-state index in [1.807, 2.05) is 13.1 Å². The van der Waals surface area contributed by atoms with Crippen molar-refractivity contribution >= 4 is 11.5 Å². The van der Waals surface area contributed by atoms with E-state index in [0.29, 0.717) is 12.0 Å². The number of benzene rings is 1. The first-order valence-corrected chi connectivity index (χ1v) is 8.22. The van der Waals surface area contributed by atoms with E-state index in [-0.39, 0.29) is 6.04 Å². The molecular weight excluding hydrogens is 282 g/mol. The van der Waals surface area contributed by atoms with Gasteiger partial charge in [0, 0.05) is 0 Å². The standard InChI is InChI=1S/C16H21N3OS/c1-10(2)14-16(21-19-18-14)15(17-3)11-5-4-6-13(9-11)20-12-7-8-12/h4-6,9-10,12,15,17H,7-8H2,1-3H3. The van der Waals surface area contributed by atoms with Crippen molar-refractivity contribution in [2.45, 2.75) is 44.8 Å². The van der Waals surface area contributed by atoms with E-state index in [4.69, 9.17) is 4.74 Å². The summed E-state index contributed by atoms with van der Waals surface area (Å²) in [6, 6.07) is 8.46. The lowest BCUT2D eigenvalue weighted by molar-refractivity contribution is 0.302. The van der Waals surface area contributed by atoms with Crippen LogP contribution in [0.1, 0.15) is 54.8 Å². The number of hydrogen-bond acceptors (Lipinski definition) is 5.